The monoisotopic (exact) mass is 201 g/mol. The molecule has 0 radical (unpaired) electrons. The van der Waals surface area contributed by atoms with Crippen molar-refractivity contribution in [3.05, 3.63) is 0 Å². The average Bonchev–Trinajstić information content (AvgIpc) is 2.18. The van der Waals surface area contributed by atoms with E-state index in [1.54, 1.807) is 0 Å². The molecule has 0 saturated heterocycles. The normalized spacial score (nSPS) is 26.6. The van der Waals surface area contributed by atoms with Crippen LogP contribution in [0.2, 0.25) is 0 Å². The van der Waals surface area contributed by atoms with Crippen molar-refractivity contribution in [1.29, 1.82) is 0 Å². The molecule has 0 aromatic heterocycles. The third kappa shape index (κ3) is 2.90. The van der Waals surface area contributed by atoms with E-state index in [2.05, 4.69) is 10.1 Å². The minimum absolute atomic E-state index is 0.0676. The number of carbonyl (C=O) groups is 2. The Balaban J connectivity index is 2.29. The van der Waals surface area contributed by atoms with Crippen molar-refractivity contribution < 1.29 is 19.4 Å². The average molecular weight is 201 g/mol. The third-order valence-corrected chi connectivity index (χ3v) is 2.58. The van der Waals surface area contributed by atoms with Gasteiger partial charge in [0.05, 0.1) is 13.0 Å². The number of amides is 1. The number of rotatable bonds is 2. The predicted octanol–water partition coefficient (Wildman–Crippen LogP) is 0.986. The van der Waals surface area contributed by atoms with Gasteiger partial charge in [0.15, 0.2) is 0 Å². The number of hydrogen-bond donors (Lipinski definition) is 2. The Hall–Kier alpha value is -1.26. The number of nitrogens with one attached hydrogen (secondary N) is 1. The molecule has 0 bridgehead atoms. The second kappa shape index (κ2) is 4.83. The molecule has 1 saturated carbocycles. The molecule has 0 aromatic carbocycles. The van der Waals surface area contributed by atoms with E-state index in [0.717, 1.165) is 0 Å². The van der Waals surface area contributed by atoms with Gasteiger partial charge in [-0.15, -0.1) is 0 Å². The Morgan fingerprint density at radius 3 is 2.29 bits per heavy atom. The molecule has 5 heteroatoms. The number of carbonyl (C=O) groups excluding carboxylic acids is 1. The smallest absolute Gasteiger partial charge is 0.407 e. The summed E-state index contributed by atoms with van der Waals surface area (Å²) in [4.78, 5) is 21.5. The summed E-state index contributed by atoms with van der Waals surface area (Å²) in [5.74, 6) is -0.979. The van der Waals surface area contributed by atoms with E-state index in [9.17, 15) is 9.59 Å². The minimum Gasteiger partial charge on any atom is -0.481 e. The van der Waals surface area contributed by atoms with Gasteiger partial charge in [-0.2, -0.15) is 0 Å². The van der Waals surface area contributed by atoms with Gasteiger partial charge in [-0.05, 0) is 25.7 Å². The van der Waals surface area contributed by atoms with Crippen LogP contribution in [0.15, 0.2) is 0 Å². The lowest BCUT2D eigenvalue weighted by Crippen LogP contribution is -2.38. The van der Waals surface area contributed by atoms with Crippen LogP contribution in [-0.4, -0.2) is 30.3 Å². The Labute approximate surface area is 82.4 Å². The van der Waals surface area contributed by atoms with E-state index < -0.39 is 12.1 Å². The Morgan fingerprint density at radius 1 is 1.29 bits per heavy atom. The maximum Gasteiger partial charge on any atom is 0.407 e. The summed E-state index contributed by atoms with van der Waals surface area (Å²) in [5.41, 5.74) is 0. The number of hydrogen-bond acceptors (Lipinski definition) is 3. The van der Waals surface area contributed by atoms with Crippen LogP contribution in [0.5, 0.6) is 0 Å². The van der Waals surface area contributed by atoms with Crippen LogP contribution in [0.25, 0.3) is 0 Å². The molecule has 1 aliphatic rings. The maximum absolute atomic E-state index is 10.8. The third-order valence-electron chi connectivity index (χ3n) is 2.58. The van der Waals surface area contributed by atoms with Gasteiger partial charge in [0.1, 0.15) is 0 Å². The van der Waals surface area contributed by atoms with Gasteiger partial charge >= 0.3 is 12.1 Å². The van der Waals surface area contributed by atoms with Gasteiger partial charge in [0, 0.05) is 6.04 Å². The van der Waals surface area contributed by atoms with Crippen molar-refractivity contribution in [2.24, 2.45) is 5.92 Å². The topological polar surface area (TPSA) is 75.6 Å². The fourth-order valence-electron chi connectivity index (χ4n) is 1.71. The Kier molecular flexibility index (Phi) is 3.73. The second-order valence-electron chi connectivity index (χ2n) is 3.52. The first-order valence-corrected chi connectivity index (χ1v) is 4.70. The Morgan fingerprint density at radius 2 is 1.86 bits per heavy atom. The molecule has 1 rings (SSSR count). The van der Waals surface area contributed by atoms with Crippen molar-refractivity contribution in [2.75, 3.05) is 7.11 Å². The number of ether oxygens (including phenoxy) is 1. The highest BCUT2D eigenvalue weighted by Crippen LogP contribution is 2.24. The summed E-state index contributed by atoms with van der Waals surface area (Å²) in [6.45, 7) is 0. The summed E-state index contributed by atoms with van der Waals surface area (Å²) in [7, 11) is 1.32. The lowest BCUT2D eigenvalue weighted by Gasteiger charge is -2.26. The van der Waals surface area contributed by atoms with Crippen LogP contribution in [-0.2, 0) is 9.53 Å². The standard InChI is InChI=1S/C9H15NO4/c1-14-9(13)10-7-4-2-6(3-5-7)8(11)12/h6-7H,2-5H2,1H3,(H,10,13)(H,11,12)/t6-,7+. The molecule has 0 spiro atoms. The van der Waals surface area contributed by atoms with Gasteiger partial charge in [0.25, 0.3) is 0 Å². The molecule has 0 aliphatic heterocycles. The van der Waals surface area contributed by atoms with E-state index in [4.69, 9.17) is 5.11 Å². The highest BCUT2D eigenvalue weighted by atomic mass is 16.5. The molecule has 0 atom stereocenters. The van der Waals surface area contributed by atoms with Crippen molar-refractivity contribution in [2.45, 2.75) is 31.7 Å². The van der Waals surface area contributed by atoms with Crippen LogP contribution in [0.1, 0.15) is 25.7 Å². The lowest BCUT2D eigenvalue weighted by atomic mass is 9.86. The molecule has 14 heavy (non-hydrogen) atoms. The first kappa shape index (κ1) is 10.8. The van der Waals surface area contributed by atoms with Crippen LogP contribution in [0.4, 0.5) is 4.79 Å². The summed E-state index contributed by atoms with van der Waals surface area (Å²) < 4.78 is 4.46. The minimum atomic E-state index is -0.735. The molecule has 80 valence electrons. The Bertz CT molecular complexity index is 221. The SMILES string of the molecule is COC(=O)N[C@H]1CC[C@@H](C(=O)O)CC1. The maximum atomic E-state index is 10.8. The molecule has 0 heterocycles. The predicted molar refractivity (Wildman–Crippen MR) is 48.9 cm³/mol. The van der Waals surface area contributed by atoms with E-state index in [0.29, 0.717) is 25.7 Å². The molecule has 1 fully saturated rings. The number of methoxy groups -OCH3 is 1. The number of carboxylic acid groups (broad SMARTS) is 1. The van der Waals surface area contributed by atoms with Crippen molar-refractivity contribution in [3.63, 3.8) is 0 Å². The van der Waals surface area contributed by atoms with E-state index in [-0.39, 0.29) is 12.0 Å². The van der Waals surface area contributed by atoms with E-state index in [1.807, 2.05) is 0 Å². The van der Waals surface area contributed by atoms with Crippen LogP contribution >= 0.6 is 0 Å². The molecule has 0 unspecified atom stereocenters. The zero-order chi connectivity index (χ0) is 10.6. The number of aliphatic carboxylic acids is 1. The zero-order valence-corrected chi connectivity index (χ0v) is 8.16. The molecule has 1 aliphatic carbocycles. The second-order valence-corrected chi connectivity index (χ2v) is 3.52. The van der Waals surface area contributed by atoms with Crippen LogP contribution in [0.3, 0.4) is 0 Å². The van der Waals surface area contributed by atoms with E-state index in [1.165, 1.54) is 7.11 Å². The molecule has 1 amide bonds. The van der Waals surface area contributed by atoms with Gasteiger partial charge in [-0.3, -0.25) is 4.79 Å². The largest absolute Gasteiger partial charge is 0.481 e. The summed E-state index contributed by atoms with van der Waals surface area (Å²) in [6, 6.07) is 0.0676. The first-order valence-electron chi connectivity index (χ1n) is 4.70. The zero-order valence-electron chi connectivity index (χ0n) is 8.16. The van der Waals surface area contributed by atoms with Crippen molar-refractivity contribution >= 4 is 12.1 Å². The molecule has 0 aromatic rings. The van der Waals surface area contributed by atoms with Crippen LogP contribution in [0, 0.1) is 5.92 Å². The van der Waals surface area contributed by atoms with Gasteiger partial charge < -0.3 is 15.2 Å². The number of carboxylic acids is 1. The number of alkyl carbamates (subject to hydrolysis) is 1. The molecular formula is C9H15NO4. The van der Waals surface area contributed by atoms with E-state index >= 15 is 0 Å². The molecule has 2 N–H and O–H groups in total. The van der Waals surface area contributed by atoms with Crippen molar-refractivity contribution in [3.8, 4) is 0 Å². The molecular weight excluding hydrogens is 186 g/mol. The van der Waals surface area contributed by atoms with Crippen molar-refractivity contribution in [1.82, 2.24) is 5.32 Å². The summed E-state index contributed by atoms with van der Waals surface area (Å²) in [6.07, 6.45) is 2.25. The fraction of sp³-hybridized carbons (Fsp3) is 0.778. The highest BCUT2D eigenvalue weighted by molar-refractivity contribution is 5.70. The summed E-state index contributed by atoms with van der Waals surface area (Å²) in [5, 5.41) is 11.4. The lowest BCUT2D eigenvalue weighted by molar-refractivity contribution is -0.142. The van der Waals surface area contributed by atoms with Gasteiger partial charge in [0.2, 0.25) is 0 Å². The molecule has 5 nitrogen and oxygen atoms in total. The van der Waals surface area contributed by atoms with Gasteiger partial charge in [-0.1, -0.05) is 0 Å². The summed E-state index contributed by atoms with van der Waals surface area (Å²) >= 11 is 0. The van der Waals surface area contributed by atoms with Gasteiger partial charge in [-0.25, -0.2) is 4.79 Å². The fourth-order valence-corrected chi connectivity index (χ4v) is 1.71. The first-order chi connectivity index (χ1) is 6.63. The van der Waals surface area contributed by atoms with Crippen LogP contribution < -0.4 is 5.32 Å². The quantitative estimate of drug-likeness (QED) is 0.698. The highest BCUT2D eigenvalue weighted by Gasteiger charge is 2.26.